The molecule has 2 unspecified atom stereocenters. The molecule has 106 valence electrons. The molecule has 4 N–H and O–H groups in total. The largest absolute Gasteiger partial charge is 0.479 e. The van der Waals surface area contributed by atoms with E-state index in [1.165, 1.54) is 0 Å². The highest BCUT2D eigenvalue weighted by Gasteiger charge is 2.44. The summed E-state index contributed by atoms with van der Waals surface area (Å²) in [6, 6.07) is -1.27. The van der Waals surface area contributed by atoms with Gasteiger partial charge in [-0.1, -0.05) is 0 Å². The minimum absolute atomic E-state index is 0.0629. The molecule has 2 aliphatic heterocycles. The maximum atomic E-state index is 11.8. The number of hydrogen-bond acceptors (Lipinski definition) is 4. The Kier molecular flexibility index (Phi) is 3.89. The molecule has 0 aromatic rings. The second-order valence-corrected chi connectivity index (χ2v) is 4.77. The average Bonchev–Trinajstić information content (AvgIpc) is 2.82. The summed E-state index contributed by atoms with van der Waals surface area (Å²) in [4.78, 5) is 34.5. The van der Waals surface area contributed by atoms with E-state index in [-0.39, 0.29) is 25.5 Å². The first-order valence-electron chi connectivity index (χ1n) is 6.21. The number of aliphatic carboxylic acids is 1. The van der Waals surface area contributed by atoms with Gasteiger partial charge in [-0.05, 0) is 12.8 Å². The third-order valence-electron chi connectivity index (χ3n) is 3.37. The van der Waals surface area contributed by atoms with Crippen molar-refractivity contribution in [1.29, 1.82) is 0 Å². The van der Waals surface area contributed by atoms with E-state index in [4.69, 9.17) is 9.84 Å². The van der Waals surface area contributed by atoms with Crippen LogP contribution in [-0.2, 0) is 14.3 Å². The van der Waals surface area contributed by atoms with Crippen molar-refractivity contribution in [3.05, 3.63) is 0 Å². The minimum Gasteiger partial charge on any atom is -0.479 e. The molecule has 2 fully saturated rings. The van der Waals surface area contributed by atoms with Crippen LogP contribution in [0.4, 0.5) is 4.79 Å². The first-order chi connectivity index (χ1) is 9.03. The van der Waals surface area contributed by atoms with E-state index in [2.05, 4.69) is 16.0 Å². The first kappa shape index (κ1) is 13.6. The van der Waals surface area contributed by atoms with Gasteiger partial charge >= 0.3 is 12.0 Å². The maximum absolute atomic E-state index is 11.8. The Hall–Kier alpha value is -1.83. The lowest BCUT2D eigenvalue weighted by Crippen LogP contribution is -2.61. The van der Waals surface area contributed by atoms with E-state index >= 15 is 0 Å². The Balaban J connectivity index is 1.93. The molecule has 0 aromatic carbocycles. The quantitative estimate of drug-likeness (QED) is 0.515. The number of hydrogen-bond donors (Lipinski definition) is 4. The van der Waals surface area contributed by atoms with Crippen LogP contribution in [0.2, 0.25) is 0 Å². The number of piperidine rings is 1. The van der Waals surface area contributed by atoms with E-state index in [1.807, 2.05) is 0 Å². The first-order valence-corrected chi connectivity index (χ1v) is 6.21. The van der Waals surface area contributed by atoms with E-state index in [9.17, 15) is 14.4 Å². The van der Waals surface area contributed by atoms with Gasteiger partial charge in [0.2, 0.25) is 5.91 Å². The molecule has 0 bridgehead atoms. The summed E-state index contributed by atoms with van der Waals surface area (Å²) in [6.07, 6.45) is 1.55. The number of ether oxygens (including phenoxy) is 1. The fraction of sp³-hybridized carbons (Fsp3) is 0.727. The number of amides is 3. The zero-order chi connectivity index (χ0) is 13.9. The van der Waals surface area contributed by atoms with Crippen molar-refractivity contribution in [2.24, 2.45) is 0 Å². The van der Waals surface area contributed by atoms with E-state index in [0.29, 0.717) is 13.0 Å². The summed E-state index contributed by atoms with van der Waals surface area (Å²) in [7, 11) is 0. The van der Waals surface area contributed by atoms with Crippen molar-refractivity contribution in [1.82, 2.24) is 16.0 Å². The molecule has 0 aromatic heterocycles. The standard InChI is InChI=1S/C11H17N3O5/c15-8-7(2-1-4-12-8)13-10(18)14-11(9(16)17)3-5-19-6-11/h7H,1-6H2,(H,12,15)(H,16,17)(H2,13,14,18). The number of carboxylic acids is 1. The Bertz CT molecular complexity index is 392. The van der Waals surface area contributed by atoms with Gasteiger partial charge in [0.25, 0.3) is 0 Å². The molecule has 8 nitrogen and oxygen atoms in total. The van der Waals surface area contributed by atoms with Crippen molar-refractivity contribution in [3.63, 3.8) is 0 Å². The Morgan fingerprint density at radius 1 is 1.47 bits per heavy atom. The Morgan fingerprint density at radius 3 is 2.84 bits per heavy atom. The number of carbonyl (C=O) groups excluding carboxylic acids is 2. The van der Waals surface area contributed by atoms with Crippen LogP contribution in [0.15, 0.2) is 0 Å². The van der Waals surface area contributed by atoms with Crippen LogP contribution in [-0.4, -0.2) is 54.4 Å². The van der Waals surface area contributed by atoms with Gasteiger partial charge in [-0.15, -0.1) is 0 Å². The third kappa shape index (κ3) is 2.95. The van der Waals surface area contributed by atoms with Crippen molar-refractivity contribution in [2.75, 3.05) is 19.8 Å². The van der Waals surface area contributed by atoms with Gasteiger partial charge in [-0.3, -0.25) is 4.79 Å². The molecule has 2 heterocycles. The normalized spacial score (nSPS) is 30.5. The molecule has 0 spiro atoms. The second-order valence-electron chi connectivity index (χ2n) is 4.77. The zero-order valence-corrected chi connectivity index (χ0v) is 10.4. The number of carbonyl (C=O) groups is 3. The molecule has 0 radical (unpaired) electrons. The molecule has 0 aliphatic carbocycles. The lowest BCUT2D eigenvalue weighted by Gasteiger charge is -2.27. The third-order valence-corrected chi connectivity index (χ3v) is 3.37. The molecular formula is C11H17N3O5. The van der Waals surface area contributed by atoms with Gasteiger partial charge in [0.05, 0.1) is 6.61 Å². The highest BCUT2D eigenvalue weighted by Crippen LogP contribution is 2.18. The number of urea groups is 1. The van der Waals surface area contributed by atoms with Gasteiger partial charge in [-0.25, -0.2) is 9.59 Å². The fourth-order valence-electron chi connectivity index (χ4n) is 2.21. The van der Waals surface area contributed by atoms with Crippen LogP contribution in [0.5, 0.6) is 0 Å². The molecule has 0 saturated carbocycles. The monoisotopic (exact) mass is 271 g/mol. The van der Waals surface area contributed by atoms with Crippen molar-refractivity contribution >= 4 is 17.9 Å². The van der Waals surface area contributed by atoms with Crippen LogP contribution in [0.25, 0.3) is 0 Å². The zero-order valence-electron chi connectivity index (χ0n) is 10.4. The number of nitrogens with one attached hydrogen (secondary N) is 3. The van der Waals surface area contributed by atoms with Crippen molar-refractivity contribution in [2.45, 2.75) is 30.8 Å². The highest BCUT2D eigenvalue weighted by molar-refractivity contribution is 5.90. The van der Waals surface area contributed by atoms with Gasteiger partial charge in [0.15, 0.2) is 5.54 Å². The molecule has 3 amide bonds. The summed E-state index contributed by atoms with van der Waals surface area (Å²) < 4.78 is 5.03. The van der Waals surface area contributed by atoms with Gasteiger partial charge in [0, 0.05) is 19.6 Å². The molecule has 19 heavy (non-hydrogen) atoms. The Labute approximate surface area is 109 Å². The van der Waals surface area contributed by atoms with Crippen LogP contribution >= 0.6 is 0 Å². The summed E-state index contributed by atoms with van der Waals surface area (Å²) in [5.41, 5.74) is -1.39. The lowest BCUT2D eigenvalue weighted by atomic mass is 9.99. The molecule has 2 saturated heterocycles. The smallest absolute Gasteiger partial charge is 0.332 e. The van der Waals surface area contributed by atoms with Gasteiger partial charge in [-0.2, -0.15) is 0 Å². The maximum Gasteiger partial charge on any atom is 0.332 e. The number of rotatable bonds is 3. The van der Waals surface area contributed by atoms with Crippen LogP contribution in [0, 0.1) is 0 Å². The SMILES string of the molecule is O=C(NC1CCCNC1=O)NC1(C(=O)O)CCOC1. The van der Waals surface area contributed by atoms with Crippen LogP contribution in [0.1, 0.15) is 19.3 Å². The molecule has 8 heteroatoms. The van der Waals surface area contributed by atoms with Gasteiger partial charge < -0.3 is 25.8 Å². The summed E-state index contributed by atoms with van der Waals surface area (Å²) in [5.74, 6) is -1.37. The Morgan fingerprint density at radius 2 is 2.26 bits per heavy atom. The minimum atomic E-state index is -1.39. The summed E-state index contributed by atoms with van der Waals surface area (Å²) >= 11 is 0. The van der Waals surface area contributed by atoms with E-state index in [1.54, 1.807) is 0 Å². The predicted molar refractivity (Wildman–Crippen MR) is 63.5 cm³/mol. The molecule has 2 rings (SSSR count). The second kappa shape index (κ2) is 5.43. The predicted octanol–water partition coefficient (Wildman–Crippen LogP) is -1.19. The lowest BCUT2D eigenvalue weighted by molar-refractivity contribution is -0.144. The van der Waals surface area contributed by atoms with Crippen molar-refractivity contribution in [3.8, 4) is 0 Å². The van der Waals surface area contributed by atoms with Crippen molar-refractivity contribution < 1.29 is 24.2 Å². The molecular weight excluding hydrogens is 254 g/mol. The molecule has 2 aliphatic rings. The van der Waals surface area contributed by atoms with Gasteiger partial charge in [0.1, 0.15) is 6.04 Å². The fourth-order valence-corrected chi connectivity index (χ4v) is 2.21. The number of carboxylic acid groups (broad SMARTS) is 1. The van der Waals surface area contributed by atoms with Crippen LogP contribution in [0.3, 0.4) is 0 Å². The van der Waals surface area contributed by atoms with E-state index < -0.39 is 23.6 Å². The van der Waals surface area contributed by atoms with E-state index in [0.717, 1.165) is 6.42 Å². The average molecular weight is 271 g/mol. The molecule has 2 atom stereocenters. The summed E-state index contributed by atoms with van der Waals surface area (Å²) in [5, 5.41) is 16.7. The summed E-state index contributed by atoms with van der Waals surface area (Å²) in [6.45, 7) is 0.828. The highest BCUT2D eigenvalue weighted by atomic mass is 16.5. The topological polar surface area (TPSA) is 117 Å². The van der Waals surface area contributed by atoms with Crippen LogP contribution < -0.4 is 16.0 Å².